The van der Waals surface area contributed by atoms with E-state index in [0.29, 0.717) is 5.46 Å². The Balaban J connectivity index is 1.74. The molecule has 0 bridgehead atoms. The van der Waals surface area contributed by atoms with Crippen molar-refractivity contribution in [3.05, 3.63) is 41.9 Å². The van der Waals surface area contributed by atoms with E-state index in [9.17, 15) is 13.4 Å². The number of benzene rings is 1. The molecule has 0 atom stereocenters. The molecule has 1 aliphatic heterocycles. The van der Waals surface area contributed by atoms with Crippen LogP contribution in [0.3, 0.4) is 0 Å². The smallest absolute Gasteiger partial charge is 0.423 e. The summed E-state index contributed by atoms with van der Waals surface area (Å²) in [6, 6.07) is 6.18. The number of fused-ring (bicyclic) bond motifs is 1. The van der Waals surface area contributed by atoms with Gasteiger partial charge < -0.3 is 19.9 Å². The number of nitrogens with two attached hydrogens (primary N) is 1. The first-order valence-corrected chi connectivity index (χ1v) is 9.33. The molecule has 1 aliphatic rings. The highest BCUT2D eigenvalue weighted by molar-refractivity contribution is 7.92. The Hall–Kier alpha value is -2.96. The zero-order chi connectivity index (χ0) is 19.2. The maximum Gasteiger partial charge on any atom is 0.491 e. The zero-order valence-electron chi connectivity index (χ0n) is 14.1. The van der Waals surface area contributed by atoms with E-state index in [-0.39, 0.29) is 40.3 Å². The van der Waals surface area contributed by atoms with Crippen molar-refractivity contribution in [3.63, 3.8) is 0 Å². The minimum Gasteiger partial charge on any atom is -0.423 e. The standard InChI is InChI=1S/C15H14BN5O5S/c1-8-19-14(20-26-8)12-4-10(17)6-18-15(12)27(23,24)21-11-3-2-9-7-25-16(22)13(9)5-11/h2-6,21-22H,7,17H2,1H3. The van der Waals surface area contributed by atoms with Crippen LogP contribution in [0, 0.1) is 6.92 Å². The highest BCUT2D eigenvalue weighted by Gasteiger charge is 2.29. The Kier molecular flexibility index (Phi) is 4.10. The van der Waals surface area contributed by atoms with E-state index in [1.165, 1.54) is 18.3 Å². The van der Waals surface area contributed by atoms with Gasteiger partial charge in [-0.05, 0) is 29.2 Å². The molecule has 0 fully saturated rings. The summed E-state index contributed by atoms with van der Waals surface area (Å²) < 4.78 is 38.3. The molecule has 4 rings (SSSR count). The third-order valence-electron chi connectivity index (χ3n) is 3.96. The van der Waals surface area contributed by atoms with Crippen molar-refractivity contribution < 1.29 is 22.6 Å². The Morgan fingerprint density at radius 2 is 2.15 bits per heavy atom. The molecule has 1 aromatic carbocycles. The minimum atomic E-state index is -4.10. The number of pyridine rings is 1. The third kappa shape index (κ3) is 3.25. The number of hydrogen-bond acceptors (Lipinski definition) is 9. The van der Waals surface area contributed by atoms with Crippen LogP contribution < -0.4 is 15.9 Å². The van der Waals surface area contributed by atoms with Gasteiger partial charge in [0, 0.05) is 12.6 Å². The SMILES string of the molecule is Cc1nc(-c2cc(N)cnc2S(=O)(=O)Nc2ccc3c(c2)B(O)OC3)no1. The van der Waals surface area contributed by atoms with Crippen LogP contribution in [0.4, 0.5) is 11.4 Å². The maximum atomic E-state index is 12.9. The lowest BCUT2D eigenvalue weighted by Gasteiger charge is -2.11. The van der Waals surface area contributed by atoms with E-state index < -0.39 is 17.1 Å². The number of aryl methyl sites for hydroxylation is 1. The van der Waals surface area contributed by atoms with Crippen LogP contribution >= 0.6 is 0 Å². The van der Waals surface area contributed by atoms with Crippen LogP contribution in [0.2, 0.25) is 0 Å². The normalized spacial score (nSPS) is 13.6. The first-order valence-electron chi connectivity index (χ1n) is 7.85. The van der Waals surface area contributed by atoms with Gasteiger partial charge in [0.2, 0.25) is 11.7 Å². The second-order valence-electron chi connectivity index (χ2n) is 5.94. The minimum absolute atomic E-state index is 0.0606. The van der Waals surface area contributed by atoms with Crippen LogP contribution in [-0.2, 0) is 21.3 Å². The van der Waals surface area contributed by atoms with Gasteiger partial charge in [0.15, 0.2) is 5.03 Å². The number of nitrogens with zero attached hydrogens (tertiary/aromatic N) is 3. The maximum absolute atomic E-state index is 12.9. The van der Waals surface area contributed by atoms with Crippen molar-refractivity contribution in [2.24, 2.45) is 0 Å². The van der Waals surface area contributed by atoms with Gasteiger partial charge in [-0.3, -0.25) is 4.72 Å². The Bertz CT molecular complexity index is 1130. The summed E-state index contributed by atoms with van der Waals surface area (Å²) >= 11 is 0. The average Bonchev–Trinajstić information content (AvgIpc) is 3.21. The zero-order valence-corrected chi connectivity index (χ0v) is 14.9. The highest BCUT2D eigenvalue weighted by Crippen LogP contribution is 2.27. The number of nitrogen functional groups attached to an aromatic ring is 1. The fraction of sp³-hybridized carbons (Fsp3) is 0.133. The van der Waals surface area contributed by atoms with Crippen molar-refractivity contribution in [2.45, 2.75) is 18.6 Å². The first kappa shape index (κ1) is 17.5. The molecule has 4 N–H and O–H groups in total. The number of anilines is 2. The van der Waals surface area contributed by atoms with Crippen molar-refractivity contribution in [3.8, 4) is 11.4 Å². The summed E-state index contributed by atoms with van der Waals surface area (Å²) in [5.74, 6) is 0.335. The monoisotopic (exact) mass is 387 g/mol. The summed E-state index contributed by atoms with van der Waals surface area (Å²) in [6.07, 6.45) is 1.23. The number of aromatic nitrogens is 3. The average molecular weight is 387 g/mol. The summed E-state index contributed by atoms with van der Waals surface area (Å²) in [5, 5.41) is 13.2. The van der Waals surface area contributed by atoms with E-state index >= 15 is 0 Å². The molecule has 0 radical (unpaired) electrons. The van der Waals surface area contributed by atoms with Gasteiger partial charge in [-0.25, -0.2) is 4.98 Å². The molecule has 12 heteroatoms. The summed E-state index contributed by atoms with van der Waals surface area (Å²) in [4.78, 5) is 7.99. The number of sulfonamides is 1. The fourth-order valence-corrected chi connectivity index (χ4v) is 3.90. The molecule has 27 heavy (non-hydrogen) atoms. The molecule has 0 aliphatic carbocycles. The van der Waals surface area contributed by atoms with E-state index in [1.54, 1.807) is 19.1 Å². The topological polar surface area (TPSA) is 153 Å². The summed E-state index contributed by atoms with van der Waals surface area (Å²) in [7, 11) is -5.18. The predicted octanol–water partition coefficient (Wildman–Crippen LogP) is 0.0407. The van der Waals surface area contributed by atoms with Crippen molar-refractivity contribution in [2.75, 3.05) is 10.5 Å². The van der Waals surface area contributed by atoms with Gasteiger partial charge in [0.1, 0.15) is 0 Å². The van der Waals surface area contributed by atoms with Crippen molar-refractivity contribution >= 4 is 34.0 Å². The fourth-order valence-electron chi connectivity index (χ4n) is 2.73. The number of rotatable bonds is 4. The number of hydrogen-bond donors (Lipinski definition) is 3. The van der Waals surface area contributed by atoms with Crippen LogP contribution in [0.5, 0.6) is 0 Å². The molecule has 0 saturated carbocycles. The van der Waals surface area contributed by atoms with Crippen molar-refractivity contribution in [1.29, 1.82) is 0 Å². The molecule has 138 valence electrons. The largest absolute Gasteiger partial charge is 0.491 e. The Labute approximate surface area is 154 Å². The molecular formula is C15H14BN5O5S. The molecule has 0 amide bonds. The summed E-state index contributed by atoms with van der Waals surface area (Å²) in [6.45, 7) is 1.85. The predicted molar refractivity (Wildman–Crippen MR) is 96.3 cm³/mol. The van der Waals surface area contributed by atoms with E-state index in [2.05, 4.69) is 19.8 Å². The van der Waals surface area contributed by atoms with Gasteiger partial charge in [-0.1, -0.05) is 11.2 Å². The molecule has 0 spiro atoms. The van der Waals surface area contributed by atoms with Crippen LogP contribution in [0.15, 0.2) is 40.0 Å². The summed E-state index contributed by atoms with van der Waals surface area (Å²) in [5.41, 5.74) is 7.66. The van der Waals surface area contributed by atoms with Crippen molar-refractivity contribution in [1.82, 2.24) is 15.1 Å². The van der Waals surface area contributed by atoms with Gasteiger partial charge >= 0.3 is 7.12 Å². The first-order chi connectivity index (χ1) is 12.8. The molecule has 3 heterocycles. The lowest BCUT2D eigenvalue weighted by atomic mass is 9.79. The molecule has 2 aromatic heterocycles. The third-order valence-corrected chi connectivity index (χ3v) is 5.29. The highest BCUT2D eigenvalue weighted by atomic mass is 32.2. The lowest BCUT2D eigenvalue weighted by Crippen LogP contribution is -2.28. The molecule has 10 nitrogen and oxygen atoms in total. The number of nitrogens with one attached hydrogen (secondary N) is 1. The van der Waals surface area contributed by atoms with Gasteiger partial charge in [-0.15, -0.1) is 0 Å². The second kappa shape index (κ2) is 6.34. The van der Waals surface area contributed by atoms with Crippen LogP contribution in [0.1, 0.15) is 11.5 Å². The lowest BCUT2D eigenvalue weighted by molar-refractivity contribution is 0.275. The van der Waals surface area contributed by atoms with Crippen LogP contribution in [0.25, 0.3) is 11.4 Å². The Morgan fingerprint density at radius 1 is 1.33 bits per heavy atom. The Morgan fingerprint density at radius 3 is 2.89 bits per heavy atom. The molecular weight excluding hydrogens is 373 g/mol. The van der Waals surface area contributed by atoms with Gasteiger partial charge in [0.05, 0.1) is 24.1 Å². The van der Waals surface area contributed by atoms with E-state index in [1.807, 2.05) is 0 Å². The quantitative estimate of drug-likeness (QED) is 0.527. The molecule has 3 aromatic rings. The molecule has 0 unspecified atom stereocenters. The van der Waals surface area contributed by atoms with Crippen LogP contribution in [-0.4, -0.2) is 35.7 Å². The van der Waals surface area contributed by atoms with Gasteiger partial charge in [0.25, 0.3) is 10.0 Å². The molecule has 0 saturated heterocycles. The van der Waals surface area contributed by atoms with E-state index in [0.717, 1.165) is 5.56 Å². The van der Waals surface area contributed by atoms with E-state index in [4.69, 9.17) is 14.9 Å². The van der Waals surface area contributed by atoms with Gasteiger partial charge in [-0.2, -0.15) is 13.4 Å². The second-order valence-corrected chi connectivity index (χ2v) is 7.54.